The van der Waals surface area contributed by atoms with Gasteiger partial charge in [0, 0.05) is 25.6 Å². The Labute approximate surface area is 210 Å². The lowest BCUT2D eigenvalue weighted by Crippen LogP contribution is -2.54. The van der Waals surface area contributed by atoms with Gasteiger partial charge in [-0.15, -0.1) is 0 Å². The van der Waals surface area contributed by atoms with Crippen LogP contribution >= 0.6 is 0 Å². The number of hydrogen-bond donors (Lipinski definition) is 1. The van der Waals surface area contributed by atoms with Crippen LogP contribution in [0, 0.1) is 17.7 Å². The Balaban J connectivity index is 1.70. The molecule has 0 aromatic heterocycles. The molecule has 4 rings (SSSR count). The molecule has 0 aliphatic carbocycles. The number of amides is 3. The quantitative estimate of drug-likeness (QED) is 0.620. The van der Waals surface area contributed by atoms with Crippen molar-refractivity contribution in [2.75, 3.05) is 32.9 Å². The van der Waals surface area contributed by atoms with E-state index in [0.717, 1.165) is 11.1 Å². The lowest BCUT2D eigenvalue weighted by Gasteiger charge is -2.37. The highest BCUT2D eigenvalue weighted by atomic mass is 19.1. The third-order valence-electron chi connectivity index (χ3n) is 6.85. The number of carbonyl (C=O) groups excluding carboxylic acids is 3. The van der Waals surface area contributed by atoms with E-state index in [1.807, 2.05) is 37.3 Å². The van der Waals surface area contributed by atoms with Gasteiger partial charge in [-0.2, -0.15) is 0 Å². The van der Waals surface area contributed by atoms with Gasteiger partial charge in [-0.25, -0.2) is 9.18 Å². The summed E-state index contributed by atoms with van der Waals surface area (Å²) in [5.41, 5.74) is 1.49. The highest BCUT2D eigenvalue weighted by molar-refractivity contribution is 5.91. The molecule has 4 atom stereocenters. The summed E-state index contributed by atoms with van der Waals surface area (Å²) in [4.78, 5) is 43.9. The lowest BCUT2D eigenvalue weighted by atomic mass is 9.85. The van der Waals surface area contributed by atoms with E-state index in [9.17, 15) is 18.8 Å². The Bertz CT molecular complexity index is 1060. The van der Waals surface area contributed by atoms with Crippen LogP contribution < -0.4 is 5.32 Å². The summed E-state index contributed by atoms with van der Waals surface area (Å²) in [7, 11) is 0. The van der Waals surface area contributed by atoms with Crippen LogP contribution in [0.1, 0.15) is 31.0 Å². The topological polar surface area (TPSA) is 88.2 Å². The maximum absolute atomic E-state index is 13.9. The molecule has 192 valence electrons. The van der Waals surface area contributed by atoms with Crippen LogP contribution in [0.4, 0.5) is 9.18 Å². The molecular formula is C27H32FN3O5. The molecule has 2 aromatic rings. The van der Waals surface area contributed by atoms with Crippen LogP contribution in [0.5, 0.6) is 0 Å². The molecule has 2 heterocycles. The average molecular weight is 498 g/mol. The lowest BCUT2D eigenvalue weighted by molar-refractivity contribution is -0.150. The molecule has 8 nitrogen and oxygen atoms in total. The van der Waals surface area contributed by atoms with Gasteiger partial charge < -0.3 is 24.6 Å². The Morgan fingerprint density at radius 2 is 1.72 bits per heavy atom. The fourth-order valence-corrected chi connectivity index (χ4v) is 5.10. The molecule has 3 amide bonds. The zero-order valence-electron chi connectivity index (χ0n) is 20.6. The molecular weight excluding hydrogens is 465 g/mol. The molecule has 2 saturated heterocycles. The van der Waals surface area contributed by atoms with E-state index in [4.69, 9.17) is 9.47 Å². The summed E-state index contributed by atoms with van der Waals surface area (Å²) in [5.74, 6) is -2.40. The number of nitrogens with one attached hydrogen (secondary N) is 1. The van der Waals surface area contributed by atoms with Gasteiger partial charge in [0.05, 0.1) is 31.8 Å². The van der Waals surface area contributed by atoms with Crippen LogP contribution in [0.3, 0.4) is 0 Å². The van der Waals surface area contributed by atoms with Gasteiger partial charge in [-0.1, -0.05) is 49.4 Å². The maximum atomic E-state index is 13.9. The minimum absolute atomic E-state index is 0.169. The third kappa shape index (κ3) is 5.36. The van der Waals surface area contributed by atoms with Gasteiger partial charge in [-0.3, -0.25) is 9.59 Å². The van der Waals surface area contributed by atoms with E-state index in [1.165, 1.54) is 12.1 Å². The fraction of sp³-hybridized carbons (Fsp3) is 0.444. The summed E-state index contributed by atoms with van der Waals surface area (Å²) < 4.78 is 24.1. The zero-order valence-corrected chi connectivity index (χ0v) is 20.6. The number of nitrogens with zero attached hydrogens (tertiary/aromatic N) is 2. The van der Waals surface area contributed by atoms with Crippen molar-refractivity contribution in [2.24, 2.45) is 11.8 Å². The Morgan fingerprint density at radius 3 is 2.36 bits per heavy atom. The second-order valence-corrected chi connectivity index (χ2v) is 9.07. The smallest absolute Gasteiger partial charge is 0.321 e. The van der Waals surface area contributed by atoms with Crippen LogP contribution in [0.25, 0.3) is 0 Å². The van der Waals surface area contributed by atoms with Crippen molar-refractivity contribution in [1.82, 2.24) is 15.1 Å². The first-order valence-electron chi connectivity index (χ1n) is 12.3. The van der Waals surface area contributed by atoms with Crippen LogP contribution in [0.2, 0.25) is 0 Å². The highest BCUT2D eigenvalue weighted by Gasteiger charge is 2.56. The largest absolute Gasteiger partial charge is 0.466 e. The van der Waals surface area contributed by atoms with Crippen molar-refractivity contribution < 1.29 is 28.2 Å². The molecule has 2 aliphatic rings. The van der Waals surface area contributed by atoms with Crippen molar-refractivity contribution in [2.45, 2.75) is 32.5 Å². The number of benzene rings is 2. The first kappa shape index (κ1) is 25.6. The van der Waals surface area contributed by atoms with Crippen LogP contribution in [-0.2, 0) is 25.6 Å². The number of urea groups is 1. The third-order valence-corrected chi connectivity index (χ3v) is 6.85. The van der Waals surface area contributed by atoms with E-state index in [-0.39, 0.29) is 30.9 Å². The minimum atomic E-state index is -0.902. The predicted molar refractivity (Wildman–Crippen MR) is 130 cm³/mol. The number of ether oxygens (including phenoxy) is 2. The normalized spacial score (nSPS) is 23.9. The molecule has 9 heteroatoms. The number of likely N-dealkylation sites (tertiary alicyclic amines) is 1. The highest BCUT2D eigenvalue weighted by Crippen LogP contribution is 2.46. The monoisotopic (exact) mass is 497 g/mol. The molecule has 36 heavy (non-hydrogen) atoms. The summed E-state index contributed by atoms with van der Waals surface area (Å²) in [6.07, 6.45) is 0. The van der Waals surface area contributed by atoms with Gasteiger partial charge in [0.1, 0.15) is 11.9 Å². The Kier molecular flexibility index (Phi) is 8.20. The van der Waals surface area contributed by atoms with E-state index in [0.29, 0.717) is 26.3 Å². The maximum Gasteiger partial charge on any atom is 0.321 e. The standard InChI is InChI=1S/C27H32FN3O5/c1-3-36-26(33)22-18(2)23(25(32)29-17-19-9-11-21(28)12-10-19)31(24(22)20-7-5-4-6-8-20)27(34)30-13-15-35-16-14-30/h4-12,18,22-24H,3,13-17H2,1-2H3,(H,29,32). The number of esters is 1. The molecule has 2 fully saturated rings. The molecule has 2 aromatic carbocycles. The fourth-order valence-electron chi connectivity index (χ4n) is 5.10. The summed E-state index contributed by atoms with van der Waals surface area (Å²) >= 11 is 0. The molecule has 0 spiro atoms. The van der Waals surface area contributed by atoms with E-state index >= 15 is 0 Å². The minimum Gasteiger partial charge on any atom is -0.466 e. The molecule has 0 saturated carbocycles. The van der Waals surface area contributed by atoms with Gasteiger partial charge in [0.15, 0.2) is 0 Å². The SMILES string of the molecule is CCOC(=O)C1C(C)C(C(=O)NCc2ccc(F)cc2)N(C(=O)N2CCOCC2)C1c1ccccc1. The van der Waals surface area contributed by atoms with Crippen molar-refractivity contribution in [3.8, 4) is 0 Å². The van der Waals surface area contributed by atoms with Gasteiger partial charge >= 0.3 is 12.0 Å². The number of hydrogen-bond acceptors (Lipinski definition) is 5. The molecule has 2 aliphatic heterocycles. The number of carbonyl (C=O) groups is 3. The van der Waals surface area contributed by atoms with Crippen molar-refractivity contribution >= 4 is 17.9 Å². The summed E-state index contributed by atoms with van der Waals surface area (Å²) in [6, 6.07) is 13.3. The van der Waals surface area contributed by atoms with Gasteiger partial charge in [0.25, 0.3) is 0 Å². The summed E-state index contributed by atoms with van der Waals surface area (Å²) in [5, 5.41) is 2.89. The van der Waals surface area contributed by atoms with Crippen LogP contribution in [-0.4, -0.2) is 66.7 Å². The summed E-state index contributed by atoms with van der Waals surface area (Å²) in [6.45, 7) is 5.54. The number of morpholine rings is 1. The Hall–Kier alpha value is -3.46. The van der Waals surface area contributed by atoms with E-state index in [2.05, 4.69) is 5.32 Å². The molecule has 1 N–H and O–H groups in total. The molecule has 0 bridgehead atoms. The Morgan fingerprint density at radius 1 is 1.06 bits per heavy atom. The molecule has 4 unspecified atom stereocenters. The van der Waals surface area contributed by atoms with E-state index < -0.39 is 29.9 Å². The second kappa shape index (κ2) is 11.5. The van der Waals surface area contributed by atoms with Gasteiger partial charge in [0.2, 0.25) is 5.91 Å². The van der Waals surface area contributed by atoms with Crippen LogP contribution in [0.15, 0.2) is 54.6 Å². The number of rotatable bonds is 6. The second-order valence-electron chi connectivity index (χ2n) is 9.07. The van der Waals surface area contributed by atoms with Crippen molar-refractivity contribution in [3.05, 3.63) is 71.5 Å². The zero-order chi connectivity index (χ0) is 25.7. The first-order chi connectivity index (χ1) is 17.4. The van der Waals surface area contributed by atoms with Crippen molar-refractivity contribution in [1.29, 1.82) is 0 Å². The predicted octanol–water partition coefficient (Wildman–Crippen LogP) is 3.14. The van der Waals surface area contributed by atoms with Gasteiger partial charge in [-0.05, 0) is 30.2 Å². The number of halogens is 1. The average Bonchev–Trinajstić information content (AvgIpc) is 3.21. The van der Waals surface area contributed by atoms with Crippen molar-refractivity contribution in [3.63, 3.8) is 0 Å². The van der Waals surface area contributed by atoms with E-state index in [1.54, 1.807) is 28.9 Å². The molecule has 0 radical (unpaired) electrons. The first-order valence-corrected chi connectivity index (χ1v) is 12.3.